The summed E-state index contributed by atoms with van der Waals surface area (Å²) < 4.78 is 0. The Morgan fingerprint density at radius 2 is 2.05 bits per heavy atom. The zero-order valence-electron chi connectivity index (χ0n) is 10.6. The minimum atomic E-state index is -0.229. The molecule has 1 aromatic carbocycles. The maximum Gasteiger partial charge on any atom is 0.252 e. The molecule has 0 saturated carbocycles. The Balaban J connectivity index is 2.17. The summed E-state index contributed by atoms with van der Waals surface area (Å²) in [7, 11) is 0. The number of hydrogen-bond donors (Lipinski definition) is 3. The Morgan fingerprint density at radius 3 is 2.68 bits per heavy atom. The van der Waals surface area contributed by atoms with Crippen molar-refractivity contribution in [2.75, 3.05) is 5.43 Å². The number of anilines is 1. The quantitative estimate of drug-likeness (QED) is 0.576. The van der Waals surface area contributed by atoms with Crippen LogP contribution in [-0.4, -0.2) is 20.8 Å². The third-order valence-electron chi connectivity index (χ3n) is 2.48. The summed E-state index contributed by atoms with van der Waals surface area (Å²) in [6, 6.07) is 8.08. The van der Waals surface area contributed by atoms with Crippen molar-refractivity contribution < 1.29 is 5.11 Å². The number of hydrazone groups is 1. The predicted molar refractivity (Wildman–Crippen MR) is 73.5 cm³/mol. The molecule has 2 aromatic rings. The van der Waals surface area contributed by atoms with Gasteiger partial charge in [-0.3, -0.25) is 9.78 Å². The van der Waals surface area contributed by atoms with E-state index in [1.165, 1.54) is 6.07 Å². The number of phenolic OH excluding ortho intramolecular Hbond substituents is 1. The monoisotopic (exact) mass is 258 g/mol. The number of aromatic nitrogens is 2. The third-order valence-corrected chi connectivity index (χ3v) is 2.48. The molecule has 98 valence electrons. The van der Waals surface area contributed by atoms with Crippen molar-refractivity contribution in [3.63, 3.8) is 0 Å². The first kappa shape index (κ1) is 12.8. The van der Waals surface area contributed by atoms with E-state index in [2.05, 4.69) is 20.5 Å². The highest BCUT2D eigenvalue weighted by Gasteiger charge is 1.99. The van der Waals surface area contributed by atoms with E-state index < -0.39 is 0 Å². The first-order chi connectivity index (χ1) is 9.04. The molecule has 2 rings (SSSR count). The zero-order chi connectivity index (χ0) is 13.8. The standard InChI is InChI=1S/C13H14N4O2/c1-8-7-12(19)15-13(14-8)17-16-9(2)10-3-5-11(18)6-4-10/h3-7,18H,1-2H3,(H2,14,15,17,19). The van der Waals surface area contributed by atoms with Crippen molar-refractivity contribution in [1.82, 2.24) is 9.97 Å². The van der Waals surface area contributed by atoms with E-state index in [9.17, 15) is 9.90 Å². The van der Waals surface area contributed by atoms with Crippen LogP contribution in [0, 0.1) is 6.92 Å². The highest BCUT2D eigenvalue weighted by atomic mass is 16.3. The van der Waals surface area contributed by atoms with E-state index in [-0.39, 0.29) is 11.3 Å². The van der Waals surface area contributed by atoms with Crippen LogP contribution in [0.1, 0.15) is 18.2 Å². The van der Waals surface area contributed by atoms with Gasteiger partial charge in [-0.25, -0.2) is 10.4 Å². The highest BCUT2D eigenvalue weighted by molar-refractivity contribution is 5.99. The number of nitrogens with zero attached hydrogens (tertiary/aromatic N) is 2. The first-order valence-corrected chi connectivity index (χ1v) is 5.72. The largest absolute Gasteiger partial charge is 0.508 e. The van der Waals surface area contributed by atoms with Gasteiger partial charge >= 0.3 is 0 Å². The van der Waals surface area contributed by atoms with Crippen LogP contribution >= 0.6 is 0 Å². The summed E-state index contributed by atoms with van der Waals surface area (Å²) in [4.78, 5) is 17.9. The number of aryl methyl sites for hydroxylation is 1. The van der Waals surface area contributed by atoms with Crippen LogP contribution < -0.4 is 11.0 Å². The smallest absolute Gasteiger partial charge is 0.252 e. The molecule has 1 heterocycles. The van der Waals surface area contributed by atoms with Gasteiger partial charge in [0.05, 0.1) is 5.71 Å². The molecule has 0 amide bonds. The molecule has 0 bridgehead atoms. The van der Waals surface area contributed by atoms with Crippen molar-refractivity contribution in [3.8, 4) is 5.75 Å². The number of benzene rings is 1. The van der Waals surface area contributed by atoms with E-state index in [0.717, 1.165) is 5.56 Å². The zero-order valence-corrected chi connectivity index (χ0v) is 10.6. The summed E-state index contributed by atoms with van der Waals surface area (Å²) in [6.07, 6.45) is 0. The van der Waals surface area contributed by atoms with Gasteiger partial charge in [-0.05, 0) is 43.7 Å². The van der Waals surface area contributed by atoms with Gasteiger partial charge in [-0.1, -0.05) is 0 Å². The van der Waals surface area contributed by atoms with Gasteiger partial charge in [0.15, 0.2) is 0 Å². The SMILES string of the molecule is CC(=NNc1nc(C)cc(=O)[nH]1)c1ccc(O)cc1. The summed E-state index contributed by atoms with van der Waals surface area (Å²) in [5.41, 5.74) is 4.66. The second kappa shape index (κ2) is 5.34. The Morgan fingerprint density at radius 1 is 1.37 bits per heavy atom. The van der Waals surface area contributed by atoms with Gasteiger partial charge in [0.1, 0.15) is 5.75 Å². The number of hydrogen-bond acceptors (Lipinski definition) is 5. The van der Waals surface area contributed by atoms with E-state index >= 15 is 0 Å². The van der Waals surface area contributed by atoms with Crippen molar-refractivity contribution >= 4 is 11.7 Å². The minimum absolute atomic E-state index is 0.203. The van der Waals surface area contributed by atoms with Crippen molar-refractivity contribution in [2.24, 2.45) is 5.10 Å². The van der Waals surface area contributed by atoms with Gasteiger partial charge in [0, 0.05) is 11.8 Å². The average Bonchev–Trinajstić information content (AvgIpc) is 2.36. The lowest BCUT2D eigenvalue weighted by Crippen LogP contribution is -2.11. The molecule has 0 fully saturated rings. The number of rotatable bonds is 3. The van der Waals surface area contributed by atoms with Crippen LogP contribution in [-0.2, 0) is 0 Å². The third kappa shape index (κ3) is 3.41. The Kier molecular flexibility index (Phi) is 3.61. The Labute approximate surface area is 109 Å². The Bertz CT molecular complexity index is 659. The second-order valence-corrected chi connectivity index (χ2v) is 4.09. The van der Waals surface area contributed by atoms with Gasteiger partial charge in [0.2, 0.25) is 5.95 Å². The normalized spacial score (nSPS) is 11.4. The molecule has 0 saturated heterocycles. The van der Waals surface area contributed by atoms with Gasteiger partial charge in [-0.15, -0.1) is 0 Å². The maximum absolute atomic E-state index is 11.3. The fourth-order valence-corrected chi connectivity index (χ4v) is 1.54. The molecular formula is C13H14N4O2. The molecule has 0 spiro atoms. The molecule has 0 radical (unpaired) electrons. The topological polar surface area (TPSA) is 90.4 Å². The lowest BCUT2D eigenvalue weighted by atomic mass is 10.1. The van der Waals surface area contributed by atoms with Gasteiger partial charge in [0.25, 0.3) is 5.56 Å². The van der Waals surface area contributed by atoms with Gasteiger partial charge in [-0.2, -0.15) is 5.10 Å². The number of aromatic hydroxyl groups is 1. The highest BCUT2D eigenvalue weighted by Crippen LogP contribution is 2.10. The molecule has 0 atom stereocenters. The van der Waals surface area contributed by atoms with Crippen molar-refractivity contribution in [1.29, 1.82) is 0 Å². The van der Waals surface area contributed by atoms with Crippen LogP contribution in [0.15, 0.2) is 40.2 Å². The average molecular weight is 258 g/mol. The molecule has 3 N–H and O–H groups in total. The van der Waals surface area contributed by atoms with Gasteiger partial charge < -0.3 is 5.11 Å². The Hall–Kier alpha value is -2.63. The fraction of sp³-hybridized carbons (Fsp3) is 0.154. The predicted octanol–water partition coefficient (Wildman–Crippen LogP) is 1.62. The molecule has 19 heavy (non-hydrogen) atoms. The van der Waals surface area contributed by atoms with Crippen LogP contribution in [0.25, 0.3) is 0 Å². The molecule has 0 aliphatic carbocycles. The number of aromatic amines is 1. The minimum Gasteiger partial charge on any atom is -0.508 e. The van der Waals surface area contributed by atoms with Crippen molar-refractivity contribution in [2.45, 2.75) is 13.8 Å². The van der Waals surface area contributed by atoms with E-state index in [4.69, 9.17) is 0 Å². The molecule has 6 nitrogen and oxygen atoms in total. The maximum atomic E-state index is 11.3. The van der Waals surface area contributed by atoms with Crippen LogP contribution in [0.3, 0.4) is 0 Å². The number of H-pyrrole nitrogens is 1. The molecule has 6 heteroatoms. The fourth-order valence-electron chi connectivity index (χ4n) is 1.54. The molecule has 0 aliphatic heterocycles. The number of phenols is 1. The summed E-state index contributed by atoms with van der Waals surface area (Å²) in [6.45, 7) is 3.55. The molecule has 0 unspecified atom stereocenters. The van der Waals surface area contributed by atoms with Crippen LogP contribution in [0.2, 0.25) is 0 Å². The summed E-state index contributed by atoms with van der Waals surface area (Å²) in [5, 5.41) is 13.3. The van der Waals surface area contributed by atoms with E-state index in [1.54, 1.807) is 31.2 Å². The lowest BCUT2D eigenvalue weighted by Gasteiger charge is -2.03. The lowest BCUT2D eigenvalue weighted by molar-refractivity contribution is 0.475. The second-order valence-electron chi connectivity index (χ2n) is 4.09. The molecule has 0 aliphatic rings. The number of nitrogens with one attached hydrogen (secondary N) is 2. The summed E-state index contributed by atoms with van der Waals surface area (Å²) >= 11 is 0. The van der Waals surface area contributed by atoms with E-state index in [1.807, 2.05) is 6.92 Å². The van der Waals surface area contributed by atoms with Crippen molar-refractivity contribution in [3.05, 3.63) is 51.9 Å². The van der Waals surface area contributed by atoms with Crippen LogP contribution in [0.4, 0.5) is 5.95 Å². The first-order valence-electron chi connectivity index (χ1n) is 5.72. The molecular weight excluding hydrogens is 244 g/mol. The molecule has 1 aromatic heterocycles. The van der Waals surface area contributed by atoms with E-state index in [0.29, 0.717) is 17.4 Å². The summed E-state index contributed by atoms with van der Waals surface area (Å²) in [5.74, 6) is 0.498. The van der Waals surface area contributed by atoms with Crippen LogP contribution in [0.5, 0.6) is 5.75 Å².